The molecule has 0 aliphatic rings. The van der Waals surface area contributed by atoms with Crippen LogP contribution in [0, 0.1) is 6.92 Å². The minimum atomic E-state index is -0.215. The number of benzene rings is 1. The fourth-order valence-corrected chi connectivity index (χ4v) is 1.23. The topological polar surface area (TPSA) is 29.5 Å². The van der Waals surface area contributed by atoms with Crippen molar-refractivity contribution in [3.8, 4) is 0 Å². The molecule has 0 aliphatic carbocycles. The zero-order valence-corrected chi connectivity index (χ0v) is 11.3. The molecule has 0 saturated heterocycles. The second-order valence-electron chi connectivity index (χ2n) is 3.53. The van der Waals surface area contributed by atoms with Gasteiger partial charge in [-0.15, -0.1) is 0 Å². The molecule has 0 unspecified atom stereocenters. The summed E-state index contributed by atoms with van der Waals surface area (Å²) in [6.45, 7) is 9.64. The Hall–Kier alpha value is -1.51. The zero-order chi connectivity index (χ0) is 13.1. The predicted molar refractivity (Wildman–Crippen MR) is 71.1 cm³/mol. The molecule has 0 radical (unpaired) electrons. The van der Waals surface area contributed by atoms with E-state index >= 15 is 0 Å². The van der Waals surface area contributed by atoms with Gasteiger partial charge in [-0.05, 0) is 27.7 Å². The molecule has 1 rings (SSSR count). The highest BCUT2D eigenvalue weighted by molar-refractivity contribution is 5.67. The van der Waals surface area contributed by atoms with Crippen molar-refractivity contribution in [2.24, 2.45) is 0 Å². The molecular formula is C14H23NO2. The molecule has 1 aromatic carbocycles. The highest BCUT2D eigenvalue weighted by atomic mass is 16.6. The molecule has 0 heterocycles. The van der Waals surface area contributed by atoms with Crippen molar-refractivity contribution in [1.29, 1.82) is 0 Å². The average molecular weight is 237 g/mol. The van der Waals surface area contributed by atoms with Crippen molar-refractivity contribution in [2.45, 2.75) is 27.7 Å². The number of rotatable bonds is 3. The van der Waals surface area contributed by atoms with Crippen molar-refractivity contribution in [2.75, 3.05) is 19.7 Å². The summed E-state index contributed by atoms with van der Waals surface area (Å²) in [6, 6.07) is 10.3. The van der Waals surface area contributed by atoms with Crippen molar-refractivity contribution in [1.82, 2.24) is 4.90 Å². The summed E-state index contributed by atoms with van der Waals surface area (Å²) in [6.07, 6.45) is -0.215. The molecule has 3 heteroatoms. The van der Waals surface area contributed by atoms with E-state index in [-0.39, 0.29) is 6.09 Å². The first kappa shape index (κ1) is 15.5. The van der Waals surface area contributed by atoms with Gasteiger partial charge in [0, 0.05) is 13.1 Å². The van der Waals surface area contributed by atoms with Crippen LogP contribution in [0.3, 0.4) is 0 Å². The van der Waals surface area contributed by atoms with E-state index in [4.69, 9.17) is 4.74 Å². The van der Waals surface area contributed by atoms with Crippen LogP contribution in [-0.2, 0) is 4.74 Å². The second kappa shape index (κ2) is 9.70. The molecule has 96 valence electrons. The second-order valence-corrected chi connectivity index (χ2v) is 3.53. The largest absolute Gasteiger partial charge is 0.450 e. The first-order valence-electron chi connectivity index (χ1n) is 6.08. The van der Waals surface area contributed by atoms with Gasteiger partial charge in [0.05, 0.1) is 6.61 Å². The van der Waals surface area contributed by atoms with E-state index in [2.05, 4.69) is 19.1 Å². The minimum absolute atomic E-state index is 0.215. The van der Waals surface area contributed by atoms with E-state index in [0.29, 0.717) is 6.61 Å². The fourth-order valence-electron chi connectivity index (χ4n) is 1.23. The Bertz CT molecular complexity index is 294. The minimum Gasteiger partial charge on any atom is -0.450 e. The van der Waals surface area contributed by atoms with Crippen LogP contribution in [0.1, 0.15) is 26.3 Å². The van der Waals surface area contributed by atoms with E-state index in [9.17, 15) is 4.79 Å². The fraction of sp³-hybridized carbons (Fsp3) is 0.500. The summed E-state index contributed by atoms with van der Waals surface area (Å²) < 4.78 is 4.77. The van der Waals surface area contributed by atoms with Crippen molar-refractivity contribution in [3.05, 3.63) is 35.9 Å². The van der Waals surface area contributed by atoms with E-state index in [1.807, 2.05) is 32.0 Å². The first-order valence-corrected chi connectivity index (χ1v) is 6.08. The maximum atomic E-state index is 10.9. The smallest absolute Gasteiger partial charge is 0.409 e. The average Bonchev–Trinajstić information content (AvgIpc) is 2.33. The Labute approximate surface area is 104 Å². The van der Waals surface area contributed by atoms with Gasteiger partial charge in [0.1, 0.15) is 0 Å². The molecule has 0 saturated carbocycles. The van der Waals surface area contributed by atoms with Gasteiger partial charge >= 0.3 is 6.09 Å². The lowest BCUT2D eigenvalue weighted by Crippen LogP contribution is -2.30. The lowest BCUT2D eigenvalue weighted by Gasteiger charge is -2.16. The molecule has 0 N–H and O–H groups in total. The van der Waals surface area contributed by atoms with Gasteiger partial charge in [0.15, 0.2) is 0 Å². The molecule has 0 aromatic heterocycles. The monoisotopic (exact) mass is 237 g/mol. The number of hydrogen-bond acceptors (Lipinski definition) is 2. The number of hydrogen-bond donors (Lipinski definition) is 0. The summed E-state index contributed by atoms with van der Waals surface area (Å²) in [4.78, 5) is 12.6. The Morgan fingerprint density at radius 2 is 1.65 bits per heavy atom. The van der Waals surface area contributed by atoms with Crippen LogP contribution in [0.2, 0.25) is 0 Å². The highest BCUT2D eigenvalue weighted by Crippen LogP contribution is 1.92. The summed E-state index contributed by atoms with van der Waals surface area (Å²) in [5.41, 5.74) is 1.32. The Kier molecular flexibility index (Phi) is 8.84. The summed E-state index contributed by atoms with van der Waals surface area (Å²) in [5, 5.41) is 0. The number of carbonyl (C=O) groups is 1. The van der Waals surface area contributed by atoms with E-state index < -0.39 is 0 Å². The van der Waals surface area contributed by atoms with E-state index in [1.165, 1.54) is 5.56 Å². The maximum absolute atomic E-state index is 10.9. The molecule has 0 bridgehead atoms. The number of carbonyl (C=O) groups excluding carboxylic acids is 1. The van der Waals surface area contributed by atoms with Crippen LogP contribution < -0.4 is 0 Å². The molecule has 0 aliphatic heterocycles. The third kappa shape index (κ3) is 7.39. The predicted octanol–water partition coefficient (Wildman–Crippen LogP) is 3.48. The van der Waals surface area contributed by atoms with Crippen LogP contribution in [0.5, 0.6) is 0 Å². The number of nitrogens with zero attached hydrogens (tertiary/aromatic N) is 1. The van der Waals surface area contributed by atoms with E-state index in [0.717, 1.165) is 13.1 Å². The van der Waals surface area contributed by atoms with Crippen LogP contribution in [0.15, 0.2) is 30.3 Å². The number of amides is 1. The molecule has 0 fully saturated rings. The standard InChI is InChI=1S/C7H15NO2.C7H8/c1-4-8(5-2)7(9)10-6-3;1-7-5-3-2-4-6-7/h4-6H2,1-3H3;2-6H,1H3. The third-order valence-corrected chi connectivity index (χ3v) is 2.23. The third-order valence-electron chi connectivity index (χ3n) is 2.23. The van der Waals surface area contributed by atoms with Crippen LogP contribution in [0.4, 0.5) is 4.79 Å². The zero-order valence-electron chi connectivity index (χ0n) is 11.3. The van der Waals surface area contributed by atoms with E-state index in [1.54, 1.807) is 11.8 Å². The molecule has 17 heavy (non-hydrogen) atoms. The molecule has 3 nitrogen and oxygen atoms in total. The van der Waals surface area contributed by atoms with Crippen LogP contribution >= 0.6 is 0 Å². The maximum Gasteiger partial charge on any atom is 0.409 e. The van der Waals surface area contributed by atoms with Gasteiger partial charge in [0.25, 0.3) is 0 Å². The van der Waals surface area contributed by atoms with Gasteiger partial charge in [0.2, 0.25) is 0 Å². The Morgan fingerprint density at radius 1 is 1.12 bits per heavy atom. The van der Waals surface area contributed by atoms with Gasteiger partial charge in [-0.3, -0.25) is 0 Å². The first-order chi connectivity index (χ1) is 8.15. The van der Waals surface area contributed by atoms with Gasteiger partial charge < -0.3 is 9.64 Å². The Morgan fingerprint density at radius 3 is 1.94 bits per heavy atom. The molecule has 0 spiro atoms. The van der Waals surface area contributed by atoms with Gasteiger partial charge in [-0.1, -0.05) is 35.9 Å². The highest BCUT2D eigenvalue weighted by Gasteiger charge is 2.07. The normalized spacial score (nSPS) is 8.94. The lowest BCUT2D eigenvalue weighted by atomic mass is 10.2. The Balaban J connectivity index is 0.000000318. The molecule has 1 aromatic rings. The van der Waals surface area contributed by atoms with Gasteiger partial charge in [-0.2, -0.15) is 0 Å². The van der Waals surface area contributed by atoms with Crippen LogP contribution in [-0.4, -0.2) is 30.7 Å². The number of aryl methyl sites for hydroxylation is 1. The quantitative estimate of drug-likeness (QED) is 0.805. The summed E-state index contributed by atoms with van der Waals surface area (Å²) >= 11 is 0. The lowest BCUT2D eigenvalue weighted by molar-refractivity contribution is 0.111. The van der Waals surface area contributed by atoms with Crippen LogP contribution in [0.25, 0.3) is 0 Å². The molecule has 1 amide bonds. The molecule has 0 atom stereocenters. The summed E-state index contributed by atoms with van der Waals surface area (Å²) in [5.74, 6) is 0. The van der Waals surface area contributed by atoms with Crippen molar-refractivity contribution in [3.63, 3.8) is 0 Å². The number of ether oxygens (including phenoxy) is 1. The summed E-state index contributed by atoms with van der Waals surface area (Å²) in [7, 11) is 0. The SMILES string of the molecule is CCOC(=O)N(CC)CC.Cc1ccccc1. The van der Waals surface area contributed by atoms with Crippen molar-refractivity contribution >= 4 is 6.09 Å². The van der Waals surface area contributed by atoms with Crippen molar-refractivity contribution < 1.29 is 9.53 Å². The van der Waals surface area contributed by atoms with Gasteiger partial charge in [-0.25, -0.2) is 4.79 Å². The molecular weight excluding hydrogens is 214 g/mol.